The highest BCUT2D eigenvalue weighted by Crippen LogP contribution is 2.22. The first-order valence-electron chi connectivity index (χ1n) is 5.77. The molecule has 0 saturated carbocycles. The topological polar surface area (TPSA) is 53.5 Å². The van der Waals surface area contributed by atoms with Crippen molar-refractivity contribution in [1.82, 2.24) is 10.6 Å². The quantitative estimate of drug-likeness (QED) is 0.818. The van der Waals surface area contributed by atoms with E-state index in [4.69, 9.17) is 11.6 Å². The Kier molecular flexibility index (Phi) is 3.30. The fourth-order valence-electron chi connectivity index (χ4n) is 1.69. The molecule has 1 aliphatic rings. The molecule has 1 unspecified atom stereocenters. The van der Waals surface area contributed by atoms with Gasteiger partial charge < -0.3 is 5.32 Å². The van der Waals surface area contributed by atoms with E-state index in [9.17, 15) is 4.79 Å². The zero-order chi connectivity index (χ0) is 13.3. The summed E-state index contributed by atoms with van der Waals surface area (Å²) in [5.41, 5.74) is 0.698. The fourth-order valence-corrected chi connectivity index (χ4v) is 1.82. The van der Waals surface area contributed by atoms with E-state index in [1.165, 1.54) is 0 Å². The van der Waals surface area contributed by atoms with Crippen LogP contribution in [0.2, 0.25) is 5.02 Å². The molecule has 0 radical (unpaired) electrons. The Balaban J connectivity index is 2.19. The molecule has 5 heteroatoms. The van der Waals surface area contributed by atoms with Gasteiger partial charge in [-0.05, 0) is 38.5 Å². The fraction of sp³-hybridized carbons (Fsp3) is 0.385. The molecule has 2 rings (SSSR count). The van der Waals surface area contributed by atoms with Crippen LogP contribution in [-0.2, 0) is 4.79 Å². The minimum absolute atomic E-state index is 0.121. The van der Waals surface area contributed by atoms with E-state index in [1.54, 1.807) is 12.1 Å². The van der Waals surface area contributed by atoms with Crippen LogP contribution in [0.5, 0.6) is 0 Å². The molecule has 2 N–H and O–H groups in total. The number of aliphatic imine (C=N–C) groups is 1. The molecule has 0 fully saturated rings. The van der Waals surface area contributed by atoms with Gasteiger partial charge in [0.2, 0.25) is 0 Å². The van der Waals surface area contributed by atoms with Crippen LogP contribution in [0.4, 0.5) is 0 Å². The number of amides is 1. The lowest BCUT2D eigenvalue weighted by molar-refractivity contribution is -0.120. The monoisotopic (exact) mass is 265 g/mol. The molecular formula is C13H16ClN3O. The van der Waals surface area contributed by atoms with Gasteiger partial charge in [-0.3, -0.25) is 10.1 Å². The Morgan fingerprint density at radius 1 is 1.28 bits per heavy atom. The third-order valence-corrected chi connectivity index (χ3v) is 2.68. The Morgan fingerprint density at radius 2 is 1.89 bits per heavy atom. The molecular weight excluding hydrogens is 250 g/mol. The number of carbonyl (C=O) groups is 1. The van der Waals surface area contributed by atoms with Gasteiger partial charge in [0, 0.05) is 10.6 Å². The summed E-state index contributed by atoms with van der Waals surface area (Å²) < 4.78 is 0. The molecule has 0 aromatic heterocycles. The van der Waals surface area contributed by atoms with E-state index in [-0.39, 0.29) is 11.4 Å². The summed E-state index contributed by atoms with van der Waals surface area (Å²) in [5.74, 6) is 0.400. The number of nitrogens with zero attached hydrogens (tertiary/aromatic N) is 1. The van der Waals surface area contributed by atoms with Crippen LogP contribution in [0, 0.1) is 0 Å². The second-order valence-electron chi connectivity index (χ2n) is 5.30. The minimum atomic E-state index is -0.493. The Hall–Kier alpha value is -1.55. The highest BCUT2D eigenvalue weighted by atomic mass is 35.5. The van der Waals surface area contributed by atoms with Gasteiger partial charge in [0.1, 0.15) is 0 Å². The van der Waals surface area contributed by atoms with Crippen molar-refractivity contribution >= 4 is 23.5 Å². The maximum atomic E-state index is 11.9. The van der Waals surface area contributed by atoms with Gasteiger partial charge in [-0.1, -0.05) is 23.7 Å². The van der Waals surface area contributed by atoms with Crippen molar-refractivity contribution in [3.63, 3.8) is 0 Å². The standard InChI is InChI=1S/C13H16ClN3O/c1-13(2,3)17-12-15-10(11(18)16-12)8-4-6-9(14)7-5-8/h4-7,10H,1-3H3,(H2,15,16,17,18). The third-order valence-electron chi connectivity index (χ3n) is 2.43. The van der Waals surface area contributed by atoms with Gasteiger partial charge in [0.05, 0.1) is 0 Å². The first-order chi connectivity index (χ1) is 8.35. The number of carbonyl (C=O) groups excluding carboxylic acids is 1. The highest BCUT2D eigenvalue weighted by molar-refractivity contribution is 6.30. The molecule has 0 aliphatic carbocycles. The van der Waals surface area contributed by atoms with Crippen molar-refractivity contribution < 1.29 is 4.79 Å². The first kappa shape index (κ1) is 12.9. The molecule has 1 atom stereocenters. The molecule has 1 amide bonds. The molecule has 1 aromatic carbocycles. The van der Waals surface area contributed by atoms with Crippen LogP contribution < -0.4 is 10.6 Å². The van der Waals surface area contributed by atoms with E-state index < -0.39 is 6.04 Å². The maximum absolute atomic E-state index is 11.9. The van der Waals surface area contributed by atoms with Crippen LogP contribution in [0.3, 0.4) is 0 Å². The van der Waals surface area contributed by atoms with Gasteiger partial charge in [-0.25, -0.2) is 4.99 Å². The molecule has 0 bridgehead atoms. The number of hydrogen-bond acceptors (Lipinski definition) is 3. The van der Waals surface area contributed by atoms with E-state index >= 15 is 0 Å². The third kappa shape index (κ3) is 3.01. The summed E-state index contributed by atoms with van der Waals surface area (Å²) in [6.07, 6.45) is 0. The van der Waals surface area contributed by atoms with Crippen molar-refractivity contribution in [3.05, 3.63) is 34.9 Å². The van der Waals surface area contributed by atoms with Gasteiger partial charge in [0.25, 0.3) is 5.91 Å². The summed E-state index contributed by atoms with van der Waals surface area (Å²) in [5, 5.41) is 6.54. The van der Waals surface area contributed by atoms with Crippen molar-refractivity contribution in [2.75, 3.05) is 0 Å². The van der Waals surface area contributed by atoms with Crippen molar-refractivity contribution in [2.24, 2.45) is 4.99 Å². The predicted molar refractivity (Wildman–Crippen MR) is 72.7 cm³/mol. The first-order valence-corrected chi connectivity index (χ1v) is 6.15. The number of hydrogen-bond donors (Lipinski definition) is 2. The van der Waals surface area contributed by atoms with Gasteiger partial charge >= 0.3 is 0 Å². The molecule has 1 aromatic rings. The maximum Gasteiger partial charge on any atom is 0.256 e. The number of halogens is 1. The second kappa shape index (κ2) is 4.61. The Bertz CT molecular complexity index is 488. The Morgan fingerprint density at radius 3 is 2.44 bits per heavy atom. The summed E-state index contributed by atoms with van der Waals surface area (Å²) in [4.78, 5) is 16.2. The van der Waals surface area contributed by atoms with Gasteiger partial charge in [-0.15, -0.1) is 0 Å². The number of rotatable bonds is 1. The number of nitrogens with one attached hydrogen (secondary N) is 2. The molecule has 96 valence electrons. The zero-order valence-electron chi connectivity index (χ0n) is 10.6. The Labute approximate surface area is 111 Å². The van der Waals surface area contributed by atoms with Crippen LogP contribution in [0.1, 0.15) is 32.4 Å². The largest absolute Gasteiger partial charge is 0.351 e. The van der Waals surface area contributed by atoms with Crippen molar-refractivity contribution in [3.8, 4) is 0 Å². The lowest BCUT2D eigenvalue weighted by atomic mass is 10.1. The van der Waals surface area contributed by atoms with Gasteiger partial charge in [-0.2, -0.15) is 0 Å². The lowest BCUT2D eigenvalue weighted by Crippen LogP contribution is -2.46. The smallest absolute Gasteiger partial charge is 0.256 e. The highest BCUT2D eigenvalue weighted by Gasteiger charge is 2.29. The normalized spacial score (nSPS) is 19.4. The van der Waals surface area contributed by atoms with Crippen LogP contribution in [0.25, 0.3) is 0 Å². The molecule has 18 heavy (non-hydrogen) atoms. The molecule has 4 nitrogen and oxygen atoms in total. The summed E-state index contributed by atoms with van der Waals surface area (Å²) in [6.45, 7) is 6.03. The molecule has 0 spiro atoms. The SMILES string of the molecule is CC(C)(C)NC1=NC(c2ccc(Cl)cc2)C(=O)N1. The molecule has 0 saturated heterocycles. The summed E-state index contributed by atoms with van der Waals surface area (Å²) in [6, 6.07) is 6.66. The van der Waals surface area contributed by atoms with Crippen LogP contribution in [0.15, 0.2) is 29.3 Å². The van der Waals surface area contributed by atoms with Crippen LogP contribution >= 0.6 is 11.6 Å². The number of guanidine groups is 1. The van der Waals surface area contributed by atoms with E-state index in [0.29, 0.717) is 11.0 Å². The van der Waals surface area contributed by atoms with E-state index in [0.717, 1.165) is 5.56 Å². The average Bonchev–Trinajstić information content (AvgIpc) is 2.58. The average molecular weight is 266 g/mol. The van der Waals surface area contributed by atoms with Crippen LogP contribution in [-0.4, -0.2) is 17.4 Å². The lowest BCUT2D eigenvalue weighted by Gasteiger charge is -2.21. The summed E-state index contributed by atoms with van der Waals surface area (Å²) >= 11 is 5.82. The minimum Gasteiger partial charge on any atom is -0.351 e. The predicted octanol–water partition coefficient (Wildman–Crippen LogP) is 2.25. The van der Waals surface area contributed by atoms with Gasteiger partial charge in [0.15, 0.2) is 12.0 Å². The second-order valence-corrected chi connectivity index (χ2v) is 5.73. The molecule has 1 aliphatic heterocycles. The van der Waals surface area contributed by atoms with Crippen molar-refractivity contribution in [2.45, 2.75) is 32.4 Å². The molecule has 1 heterocycles. The van der Waals surface area contributed by atoms with E-state index in [2.05, 4.69) is 15.6 Å². The van der Waals surface area contributed by atoms with E-state index in [1.807, 2.05) is 32.9 Å². The summed E-state index contributed by atoms with van der Waals surface area (Å²) in [7, 11) is 0. The number of benzene rings is 1. The zero-order valence-corrected chi connectivity index (χ0v) is 11.4. The van der Waals surface area contributed by atoms with Crippen molar-refractivity contribution in [1.29, 1.82) is 0 Å².